The molecule has 0 atom stereocenters. The number of carbonyl (C=O) groups is 1. The molecule has 1 aromatic carbocycles. The third-order valence-corrected chi connectivity index (χ3v) is 3.15. The SMILES string of the molecule is CCc1c(-c2ccc3c(c2)OCCO3)noc1C(=O)O. The average Bonchev–Trinajstić information content (AvgIpc) is 2.90. The molecule has 0 amide bonds. The monoisotopic (exact) mass is 275 g/mol. The second kappa shape index (κ2) is 4.88. The minimum absolute atomic E-state index is 0.114. The molecule has 0 unspecified atom stereocenters. The molecule has 2 heterocycles. The highest BCUT2D eigenvalue weighted by atomic mass is 16.6. The molecule has 6 nitrogen and oxygen atoms in total. The number of fused-ring (bicyclic) bond motifs is 1. The van der Waals surface area contributed by atoms with E-state index in [0.29, 0.717) is 42.4 Å². The average molecular weight is 275 g/mol. The first-order chi connectivity index (χ1) is 9.70. The van der Waals surface area contributed by atoms with Gasteiger partial charge in [-0.2, -0.15) is 0 Å². The molecule has 1 N–H and O–H groups in total. The summed E-state index contributed by atoms with van der Waals surface area (Å²) in [6.07, 6.45) is 0.523. The van der Waals surface area contributed by atoms with Crippen LogP contribution in [0.4, 0.5) is 0 Å². The molecule has 2 aromatic rings. The normalized spacial score (nSPS) is 13.2. The molecular weight excluding hydrogens is 262 g/mol. The van der Waals surface area contributed by atoms with Crippen LogP contribution in [0.2, 0.25) is 0 Å². The molecule has 3 rings (SSSR count). The molecule has 0 saturated carbocycles. The molecule has 0 aliphatic carbocycles. The Labute approximate surface area is 114 Å². The zero-order valence-electron chi connectivity index (χ0n) is 10.9. The number of aromatic nitrogens is 1. The lowest BCUT2D eigenvalue weighted by atomic mass is 10.0. The van der Waals surface area contributed by atoms with Crippen LogP contribution in [0.15, 0.2) is 22.7 Å². The molecule has 0 bridgehead atoms. The Morgan fingerprint density at radius 1 is 1.30 bits per heavy atom. The third kappa shape index (κ3) is 1.99. The van der Waals surface area contributed by atoms with E-state index >= 15 is 0 Å². The minimum Gasteiger partial charge on any atom is -0.486 e. The smallest absolute Gasteiger partial charge is 0.375 e. The van der Waals surface area contributed by atoms with Gasteiger partial charge in [0.15, 0.2) is 11.5 Å². The Morgan fingerprint density at radius 2 is 2.05 bits per heavy atom. The van der Waals surface area contributed by atoms with E-state index in [1.54, 1.807) is 12.1 Å². The van der Waals surface area contributed by atoms with Crippen LogP contribution in [-0.4, -0.2) is 29.4 Å². The first-order valence-electron chi connectivity index (χ1n) is 6.32. The first-order valence-corrected chi connectivity index (χ1v) is 6.32. The maximum Gasteiger partial charge on any atom is 0.375 e. The zero-order valence-corrected chi connectivity index (χ0v) is 10.9. The quantitative estimate of drug-likeness (QED) is 0.926. The molecule has 20 heavy (non-hydrogen) atoms. The number of carboxylic acids is 1. The van der Waals surface area contributed by atoms with Gasteiger partial charge in [0, 0.05) is 11.1 Å². The number of aromatic carboxylic acids is 1. The lowest BCUT2D eigenvalue weighted by molar-refractivity contribution is 0.0650. The van der Waals surface area contributed by atoms with Crippen molar-refractivity contribution in [2.24, 2.45) is 0 Å². The second-order valence-corrected chi connectivity index (χ2v) is 4.36. The maximum absolute atomic E-state index is 11.1. The van der Waals surface area contributed by atoms with Crippen LogP contribution in [0.3, 0.4) is 0 Å². The second-order valence-electron chi connectivity index (χ2n) is 4.36. The van der Waals surface area contributed by atoms with E-state index in [2.05, 4.69) is 5.16 Å². The van der Waals surface area contributed by atoms with E-state index in [4.69, 9.17) is 19.1 Å². The number of benzene rings is 1. The summed E-state index contributed by atoms with van der Waals surface area (Å²) in [5.74, 6) is 0.0891. The van der Waals surface area contributed by atoms with Gasteiger partial charge in [-0.1, -0.05) is 12.1 Å². The Hall–Kier alpha value is -2.50. The topological polar surface area (TPSA) is 81.8 Å². The van der Waals surface area contributed by atoms with Gasteiger partial charge in [-0.25, -0.2) is 4.79 Å². The van der Waals surface area contributed by atoms with Crippen LogP contribution in [0, 0.1) is 0 Å². The molecule has 0 fully saturated rings. The molecule has 1 aliphatic heterocycles. The zero-order chi connectivity index (χ0) is 14.1. The molecule has 1 aliphatic rings. The van der Waals surface area contributed by atoms with Gasteiger partial charge in [0.25, 0.3) is 0 Å². The van der Waals surface area contributed by atoms with Crippen molar-refractivity contribution in [2.75, 3.05) is 13.2 Å². The van der Waals surface area contributed by atoms with Crippen molar-refractivity contribution in [3.05, 3.63) is 29.5 Å². The number of carboxylic acid groups (broad SMARTS) is 1. The lowest BCUT2D eigenvalue weighted by Gasteiger charge is -2.18. The Bertz CT molecular complexity index is 662. The third-order valence-electron chi connectivity index (χ3n) is 3.15. The summed E-state index contributed by atoms with van der Waals surface area (Å²) in [4.78, 5) is 11.1. The fourth-order valence-corrected chi connectivity index (χ4v) is 2.22. The molecule has 0 radical (unpaired) electrons. The van der Waals surface area contributed by atoms with Gasteiger partial charge in [-0.05, 0) is 24.6 Å². The first kappa shape index (κ1) is 12.5. The number of hydrogen-bond donors (Lipinski definition) is 1. The van der Waals surface area contributed by atoms with Crippen molar-refractivity contribution < 1.29 is 23.9 Å². The van der Waals surface area contributed by atoms with E-state index in [9.17, 15) is 4.79 Å². The molecular formula is C14H13NO5. The summed E-state index contributed by atoms with van der Waals surface area (Å²) in [5.41, 5.74) is 1.86. The van der Waals surface area contributed by atoms with Gasteiger partial charge < -0.3 is 19.1 Å². The lowest BCUT2D eigenvalue weighted by Crippen LogP contribution is -2.15. The van der Waals surface area contributed by atoms with Crippen LogP contribution in [0.5, 0.6) is 11.5 Å². The Balaban J connectivity index is 2.07. The van der Waals surface area contributed by atoms with E-state index in [0.717, 1.165) is 5.56 Å². The van der Waals surface area contributed by atoms with Crippen LogP contribution in [0.1, 0.15) is 23.0 Å². The fourth-order valence-electron chi connectivity index (χ4n) is 2.22. The van der Waals surface area contributed by atoms with Crippen molar-refractivity contribution in [3.8, 4) is 22.8 Å². The number of ether oxygens (including phenoxy) is 2. The van der Waals surface area contributed by atoms with Gasteiger partial charge >= 0.3 is 5.97 Å². The van der Waals surface area contributed by atoms with Gasteiger partial charge in [0.05, 0.1) is 0 Å². The van der Waals surface area contributed by atoms with Crippen molar-refractivity contribution in [2.45, 2.75) is 13.3 Å². The summed E-state index contributed by atoms with van der Waals surface area (Å²) >= 11 is 0. The van der Waals surface area contributed by atoms with Crippen LogP contribution in [0.25, 0.3) is 11.3 Å². The number of hydrogen-bond acceptors (Lipinski definition) is 5. The minimum atomic E-state index is -1.11. The van der Waals surface area contributed by atoms with Crippen molar-refractivity contribution in [3.63, 3.8) is 0 Å². The van der Waals surface area contributed by atoms with Crippen LogP contribution in [-0.2, 0) is 6.42 Å². The van der Waals surface area contributed by atoms with E-state index in [1.807, 2.05) is 13.0 Å². The number of nitrogens with zero attached hydrogens (tertiary/aromatic N) is 1. The summed E-state index contributed by atoms with van der Waals surface area (Å²) in [6.45, 7) is 2.89. The molecule has 104 valence electrons. The van der Waals surface area contributed by atoms with E-state index in [-0.39, 0.29) is 5.76 Å². The molecule has 6 heteroatoms. The van der Waals surface area contributed by atoms with Gasteiger partial charge in [0.1, 0.15) is 18.9 Å². The largest absolute Gasteiger partial charge is 0.486 e. The summed E-state index contributed by atoms with van der Waals surface area (Å²) < 4.78 is 15.9. The van der Waals surface area contributed by atoms with Gasteiger partial charge in [0.2, 0.25) is 5.76 Å². The highest BCUT2D eigenvalue weighted by Crippen LogP contribution is 2.35. The van der Waals surface area contributed by atoms with Crippen molar-refractivity contribution in [1.82, 2.24) is 5.16 Å². The molecule has 0 saturated heterocycles. The molecule has 0 spiro atoms. The van der Waals surface area contributed by atoms with E-state index < -0.39 is 5.97 Å². The van der Waals surface area contributed by atoms with Gasteiger partial charge in [-0.15, -0.1) is 0 Å². The van der Waals surface area contributed by atoms with Crippen LogP contribution < -0.4 is 9.47 Å². The summed E-state index contributed by atoms with van der Waals surface area (Å²) in [5, 5.41) is 12.9. The summed E-state index contributed by atoms with van der Waals surface area (Å²) in [7, 11) is 0. The van der Waals surface area contributed by atoms with E-state index in [1.165, 1.54) is 0 Å². The van der Waals surface area contributed by atoms with Gasteiger partial charge in [-0.3, -0.25) is 0 Å². The Kier molecular flexibility index (Phi) is 3.06. The van der Waals surface area contributed by atoms with Crippen molar-refractivity contribution >= 4 is 5.97 Å². The highest BCUT2D eigenvalue weighted by Gasteiger charge is 2.22. The predicted octanol–water partition coefficient (Wildman–Crippen LogP) is 2.37. The van der Waals surface area contributed by atoms with Crippen molar-refractivity contribution in [1.29, 1.82) is 0 Å². The Morgan fingerprint density at radius 3 is 2.75 bits per heavy atom. The summed E-state index contributed by atoms with van der Waals surface area (Å²) in [6, 6.07) is 5.39. The maximum atomic E-state index is 11.1. The van der Waals surface area contributed by atoms with Crippen LogP contribution >= 0.6 is 0 Å². The number of rotatable bonds is 3. The fraction of sp³-hybridized carbons (Fsp3) is 0.286. The molecule has 1 aromatic heterocycles. The predicted molar refractivity (Wildman–Crippen MR) is 69.3 cm³/mol. The standard InChI is InChI=1S/C14H13NO5/c1-2-9-12(15-20-13(9)14(16)17)8-3-4-10-11(7-8)19-6-5-18-10/h3-4,7H,2,5-6H2,1H3,(H,16,17). The highest BCUT2D eigenvalue weighted by molar-refractivity contribution is 5.88.